The summed E-state index contributed by atoms with van der Waals surface area (Å²) in [4.78, 5) is 21.4. The molecule has 4 aromatic carbocycles. The van der Waals surface area contributed by atoms with Crippen LogP contribution in [-0.4, -0.2) is 74.8 Å². The number of nitrogens with zero attached hydrogens (tertiary/aromatic N) is 4. The molecule has 6 aromatic rings. The number of amides is 1. The molecule has 0 spiro atoms. The van der Waals surface area contributed by atoms with Crippen LogP contribution in [0.5, 0.6) is 11.5 Å². The second-order valence-corrected chi connectivity index (χ2v) is 11.7. The number of hydrogen-bond donors (Lipinski definition) is 3. The Kier molecular flexibility index (Phi) is 9.24. The second kappa shape index (κ2) is 14.1. The minimum Gasteiger partial charge on any atom is -0.497 e. The van der Waals surface area contributed by atoms with E-state index in [0.717, 1.165) is 16.7 Å². The van der Waals surface area contributed by atoms with Crippen LogP contribution in [0.3, 0.4) is 0 Å². The Morgan fingerprint density at radius 2 is 1.38 bits per heavy atom. The number of methoxy groups -OCH3 is 2. The first-order valence-corrected chi connectivity index (χ1v) is 16.0. The monoisotopic (exact) mass is 673 g/mol. The number of ether oxygens (including phenoxy) is 4. The number of fused-ring (bicyclic) bond motifs is 1. The van der Waals surface area contributed by atoms with Gasteiger partial charge in [0.2, 0.25) is 5.95 Å². The predicted octanol–water partition coefficient (Wildman–Crippen LogP) is 4.56. The van der Waals surface area contributed by atoms with Crippen molar-refractivity contribution in [1.82, 2.24) is 19.6 Å². The minimum atomic E-state index is -1.33. The molecule has 7 rings (SSSR count). The van der Waals surface area contributed by atoms with Crippen molar-refractivity contribution in [1.29, 1.82) is 0 Å². The van der Waals surface area contributed by atoms with Gasteiger partial charge in [0.15, 0.2) is 5.65 Å². The van der Waals surface area contributed by atoms with Gasteiger partial charge >= 0.3 is 0 Å². The number of carbonyl (C=O) groups is 1. The molecule has 1 amide bonds. The third-order valence-corrected chi connectivity index (χ3v) is 8.90. The van der Waals surface area contributed by atoms with E-state index in [1.807, 2.05) is 84.9 Å². The van der Waals surface area contributed by atoms with Crippen LogP contribution in [0.25, 0.3) is 5.65 Å². The number of nitrogens with one attached hydrogen (secondary N) is 1. The molecule has 0 aliphatic carbocycles. The predicted molar refractivity (Wildman–Crippen MR) is 183 cm³/mol. The molecule has 50 heavy (non-hydrogen) atoms. The summed E-state index contributed by atoms with van der Waals surface area (Å²) < 4.78 is 25.5. The normalized spacial score (nSPS) is 19.0. The number of aliphatic hydroxyl groups excluding tert-OH is 2. The third kappa shape index (κ3) is 6.05. The van der Waals surface area contributed by atoms with Gasteiger partial charge in [-0.1, -0.05) is 72.8 Å². The van der Waals surface area contributed by atoms with E-state index in [1.54, 1.807) is 38.5 Å². The Labute approximate surface area is 287 Å². The summed E-state index contributed by atoms with van der Waals surface area (Å²) in [6, 6.07) is 33.7. The van der Waals surface area contributed by atoms with Gasteiger partial charge in [-0.15, -0.1) is 0 Å². The first-order valence-electron chi connectivity index (χ1n) is 16.0. The Balaban J connectivity index is 1.20. The number of aromatic nitrogens is 4. The lowest BCUT2D eigenvalue weighted by Crippen LogP contribution is -2.39. The van der Waals surface area contributed by atoms with Gasteiger partial charge in [0.05, 0.1) is 27.0 Å². The van der Waals surface area contributed by atoms with E-state index in [9.17, 15) is 15.0 Å². The maximum atomic E-state index is 12.8. The molecule has 1 aliphatic rings. The van der Waals surface area contributed by atoms with Crippen LogP contribution in [0.2, 0.25) is 0 Å². The summed E-state index contributed by atoms with van der Waals surface area (Å²) in [7, 11) is 3.22. The van der Waals surface area contributed by atoms with Crippen molar-refractivity contribution in [2.45, 2.75) is 30.0 Å². The van der Waals surface area contributed by atoms with Gasteiger partial charge in [-0.25, -0.2) is 9.97 Å². The van der Waals surface area contributed by atoms with Crippen molar-refractivity contribution in [2.75, 3.05) is 26.1 Å². The molecule has 1 saturated heterocycles. The number of anilines is 1. The molecule has 3 N–H and O–H groups in total. The van der Waals surface area contributed by atoms with Crippen LogP contribution in [0, 0.1) is 0 Å². The molecule has 4 atom stereocenters. The highest BCUT2D eigenvalue weighted by molar-refractivity contribution is 6.03. The van der Waals surface area contributed by atoms with Gasteiger partial charge in [-0.3, -0.25) is 10.1 Å². The molecule has 0 radical (unpaired) electrons. The van der Waals surface area contributed by atoms with Gasteiger partial charge in [-0.05, 0) is 53.1 Å². The highest BCUT2D eigenvalue weighted by atomic mass is 16.6. The zero-order valence-corrected chi connectivity index (χ0v) is 27.3. The Bertz CT molecular complexity index is 2010. The smallest absolute Gasteiger partial charge is 0.258 e. The average molecular weight is 674 g/mol. The van der Waals surface area contributed by atoms with Crippen LogP contribution in [0.15, 0.2) is 122 Å². The summed E-state index contributed by atoms with van der Waals surface area (Å²) in [6.45, 7) is -0.103. The molecule has 0 bridgehead atoms. The lowest BCUT2D eigenvalue weighted by atomic mass is 9.80. The number of rotatable bonds is 11. The fourth-order valence-electron chi connectivity index (χ4n) is 6.31. The zero-order valence-electron chi connectivity index (χ0n) is 27.3. The summed E-state index contributed by atoms with van der Waals surface area (Å²) in [5.41, 5.74) is 2.46. The maximum absolute atomic E-state index is 12.8. The van der Waals surface area contributed by atoms with Crippen molar-refractivity contribution in [3.8, 4) is 11.5 Å². The summed E-state index contributed by atoms with van der Waals surface area (Å²) in [5, 5.41) is 29.8. The van der Waals surface area contributed by atoms with Gasteiger partial charge in [0.25, 0.3) is 5.91 Å². The SMILES string of the molecule is COc1ccc(C(OC[C@H]2O[C@@H](c3cnn4c(NC(=O)c5ccccc5)ncnc34)[C@H](O)[C@@H]2O)(c2ccccc2)c2ccc(OC)cc2)cc1. The van der Waals surface area contributed by atoms with Crippen LogP contribution in [-0.2, 0) is 15.1 Å². The first-order chi connectivity index (χ1) is 24.4. The van der Waals surface area contributed by atoms with Crippen molar-refractivity contribution in [2.24, 2.45) is 0 Å². The first kappa shape index (κ1) is 32.9. The molecular formula is C38H35N5O7. The third-order valence-electron chi connectivity index (χ3n) is 8.90. The maximum Gasteiger partial charge on any atom is 0.258 e. The lowest BCUT2D eigenvalue weighted by molar-refractivity contribution is -0.0826. The lowest BCUT2D eigenvalue weighted by Gasteiger charge is -2.37. The highest BCUT2D eigenvalue weighted by Gasteiger charge is 2.47. The molecule has 12 heteroatoms. The molecule has 0 saturated carbocycles. The standard InChI is InChI=1S/C38H35N5O7/c1-47-28-17-13-26(14-18-28)38(25-11-7-4-8-12-25,27-15-19-29(48-2)20-16-27)49-22-31-32(44)33(45)34(50-31)30-21-41-43-35(30)39-23-40-37(43)42-36(46)24-9-5-3-6-10-24/h3-21,23,31-34,44-45H,22H2,1-2H3,(H,39,40,42,46)/t31-,32-,33-,34+/m1/s1. The van der Waals surface area contributed by atoms with E-state index in [-0.39, 0.29) is 18.5 Å². The molecule has 12 nitrogen and oxygen atoms in total. The molecule has 1 fully saturated rings. The van der Waals surface area contributed by atoms with E-state index >= 15 is 0 Å². The summed E-state index contributed by atoms with van der Waals surface area (Å²) >= 11 is 0. The molecule has 254 valence electrons. The van der Waals surface area contributed by atoms with Gasteiger partial charge in [-0.2, -0.15) is 9.61 Å². The fourth-order valence-corrected chi connectivity index (χ4v) is 6.31. The Hall–Kier alpha value is -5.66. The number of carbonyl (C=O) groups excluding carboxylic acids is 1. The van der Waals surface area contributed by atoms with Crippen molar-refractivity contribution in [3.63, 3.8) is 0 Å². The molecule has 2 aromatic heterocycles. The van der Waals surface area contributed by atoms with E-state index < -0.39 is 30.0 Å². The van der Waals surface area contributed by atoms with Crippen LogP contribution in [0.1, 0.15) is 38.7 Å². The van der Waals surface area contributed by atoms with Crippen LogP contribution >= 0.6 is 0 Å². The van der Waals surface area contributed by atoms with Gasteiger partial charge < -0.3 is 29.2 Å². The van der Waals surface area contributed by atoms with E-state index in [4.69, 9.17) is 18.9 Å². The number of benzene rings is 4. The topological polar surface area (TPSA) is 150 Å². The Morgan fingerprint density at radius 3 is 1.98 bits per heavy atom. The highest BCUT2D eigenvalue weighted by Crippen LogP contribution is 2.43. The van der Waals surface area contributed by atoms with E-state index in [1.165, 1.54) is 17.0 Å². The zero-order chi connectivity index (χ0) is 34.7. The van der Waals surface area contributed by atoms with Crippen molar-refractivity contribution < 1.29 is 34.0 Å². The van der Waals surface area contributed by atoms with E-state index in [0.29, 0.717) is 28.3 Å². The average Bonchev–Trinajstić information content (AvgIpc) is 3.73. The minimum absolute atomic E-state index is 0.103. The summed E-state index contributed by atoms with van der Waals surface area (Å²) in [5.74, 6) is 1.13. The molecular weight excluding hydrogens is 638 g/mol. The van der Waals surface area contributed by atoms with Crippen LogP contribution in [0.4, 0.5) is 5.95 Å². The number of aliphatic hydroxyl groups is 2. The molecule has 1 aliphatic heterocycles. The number of hydrogen-bond acceptors (Lipinski definition) is 10. The van der Waals surface area contributed by atoms with Crippen molar-refractivity contribution in [3.05, 3.63) is 150 Å². The second-order valence-electron chi connectivity index (χ2n) is 11.7. The molecule has 0 unspecified atom stereocenters. The van der Waals surface area contributed by atoms with Crippen LogP contribution < -0.4 is 14.8 Å². The van der Waals surface area contributed by atoms with Crippen molar-refractivity contribution >= 4 is 17.5 Å². The molecule has 3 heterocycles. The van der Waals surface area contributed by atoms with Gasteiger partial charge in [0.1, 0.15) is 47.8 Å². The quantitative estimate of drug-likeness (QED) is 0.167. The van der Waals surface area contributed by atoms with Gasteiger partial charge in [0, 0.05) is 11.1 Å². The van der Waals surface area contributed by atoms with E-state index in [2.05, 4.69) is 20.4 Å². The summed E-state index contributed by atoms with van der Waals surface area (Å²) in [6.07, 6.45) is -1.82. The Morgan fingerprint density at radius 1 is 0.800 bits per heavy atom. The fraction of sp³-hybridized carbons (Fsp3) is 0.211. The largest absolute Gasteiger partial charge is 0.497 e.